The quantitative estimate of drug-likeness (QED) is 0.536. The van der Waals surface area contributed by atoms with Gasteiger partial charge in [0.05, 0.1) is 13.2 Å². The lowest BCUT2D eigenvalue weighted by Gasteiger charge is -1.97. The lowest BCUT2D eigenvalue weighted by molar-refractivity contribution is 0.243. The van der Waals surface area contributed by atoms with Gasteiger partial charge in [0.15, 0.2) is 0 Å². The highest BCUT2D eigenvalue weighted by Gasteiger charge is 1.91. The fourth-order valence-corrected chi connectivity index (χ4v) is 1.59. The van der Waals surface area contributed by atoms with Crippen molar-refractivity contribution in [1.82, 2.24) is 0 Å². The fraction of sp³-hybridized carbons (Fsp3) is 0.800. The third-order valence-electron chi connectivity index (χ3n) is 1.68. The van der Waals surface area contributed by atoms with E-state index in [1.165, 1.54) is 25.7 Å². The van der Waals surface area contributed by atoms with Gasteiger partial charge in [-0.3, -0.25) is 4.57 Å². The van der Waals surface area contributed by atoms with E-state index in [0.29, 0.717) is 13.2 Å². The number of rotatable bonds is 4. The largest absolute Gasteiger partial charge is 0.319 e. The number of allylic oxidation sites excluding steroid dienone is 2. The molecule has 0 bridgehead atoms. The normalized spacial score (nSPS) is 15.1. The summed E-state index contributed by atoms with van der Waals surface area (Å²) in [6, 6.07) is 0. The van der Waals surface area contributed by atoms with Crippen LogP contribution in [0.15, 0.2) is 12.2 Å². The highest BCUT2D eigenvalue weighted by atomic mass is 31.1. The van der Waals surface area contributed by atoms with E-state index >= 15 is 0 Å². The van der Waals surface area contributed by atoms with Gasteiger partial charge in [-0.25, -0.2) is 0 Å². The Kier molecular flexibility index (Phi) is 10.9. The van der Waals surface area contributed by atoms with Gasteiger partial charge in [0, 0.05) is 0 Å². The Balaban J connectivity index is 0.000000249. The number of hydrogen-bond donors (Lipinski definition) is 0. The summed E-state index contributed by atoms with van der Waals surface area (Å²) in [6.07, 6.45) is 10.0. The summed E-state index contributed by atoms with van der Waals surface area (Å²) in [5.41, 5.74) is 0. The molecule has 0 saturated heterocycles. The first-order valence-corrected chi connectivity index (χ1v) is 6.48. The summed E-state index contributed by atoms with van der Waals surface area (Å²) in [7, 11) is -2.14. The molecule has 0 aromatic heterocycles. The van der Waals surface area contributed by atoms with Gasteiger partial charge in [-0.2, -0.15) is 0 Å². The topological polar surface area (TPSA) is 35.5 Å². The van der Waals surface area contributed by atoms with Crippen molar-refractivity contribution >= 4 is 8.25 Å². The maximum Gasteiger partial charge on any atom is 0.319 e. The maximum atomic E-state index is 10.4. The molecular weight excluding hydrogens is 199 g/mol. The highest BCUT2D eigenvalue weighted by Crippen LogP contribution is 2.21. The van der Waals surface area contributed by atoms with Crippen LogP contribution in [0.1, 0.15) is 39.5 Å². The Morgan fingerprint density at radius 2 is 1.50 bits per heavy atom. The Labute approximate surface area is 87.4 Å². The summed E-state index contributed by atoms with van der Waals surface area (Å²) < 4.78 is 19.6. The predicted octanol–water partition coefficient (Wildman–Crippen LogP) is 3.57. The van der Waals surface area contributed by atoms with Crippen molar-refractivity contribution in [2.45, 2.75) is 39.5 Å². The van der Waals surface area contributed by atoms with Crippen LogP contribution in [0, 0.1) is 0 Å². The van der Waals surface area contributed by atoms with Crippen molar-refractivity contribution in [2.24, 2.45) is 0 Å². The summed E-state index contributed by atoms with van der Waals surface area (Å²) in [4.78, 5) is 0. The molecule has 3 nitrogen and oxygen atoms in total. The van der Waals surface area contributed by atoms with Crippen molar-refractivity contribution in [3.63, 3.8) is 0 Å². The zero-order valence-electron chi connectivity index (χ0n) is 9.12. The molecule has 0 radical (unpaired) electrons. The van der Waals surface area contributed by atoms with Crippen LogP contribution < -0.4 is 0 Å². The Morgan fingerprint density at radius 3 is 1.71 bits per heavy atom. The minimum Gasteiger partial charge on any atom is -0.311 e. The molecule has 14 heavy (non-hydrogen) atoms. The third-order valence-corrected chi connectivity index (χ3v) is 2.73. The first kappa shape index (κ1) is 13.9. The molecule has 0 amide bonds. The van der Waals surface area contributed by atoms with Crippen molar-refractivity contribution in [2.75, 3.05) is 13.2 Å². The van der Waals surface area contributed by atoms with Crippen molar-refractivity contribution in [1.29, 1.82) is 0 Å². The minimum absolute atomic E-state index is 0.456. The summed E-state index contributed by atoms with van der Waals surface area (Å²) in [5.74, 6) is 0. The van der Waals surface area contributed by atoms with E-state index in [0.717, 1.165) is 0 Å². The van der Waals surface area contributed by atoms with Gasteiger partial charge in [0.2, 0.25) is 0 Å². The van der Waals surface area contributed by atoms with E-state index in [1.54, 1.807) is 13.8 Å². The molecule has 0 spiro atoms. The molecule has 1 aliphatic carbocycles. The Morgan fingerprint density at radius 1 is 1.07 bits per heavy atom. The molecule has 0 aromatic rings. The molecule has 1 rings (SSSR count). The van der Waals surface area contributed by atoms with Crippen molar-refractivity contribution in [3.05, 3.63) is 12.2 Å². The van der Waals surface area contributed by atoms with Gasteiger partial charge in [-0.15, -0.1) is 0 Å². The second-order valence-corrected chi connectivity index (χ2v) is 3.95. The van der Waals surface area contributed by atoms with Crippen LogP contribution in [0.5, 0.6) is 0 Å². The smallest absolute Gasteiger partial charge is 0.311 e. The van der Waals surface area contributed by atoms with Gasteiger partial charge >= 0.3 is 8.25 Å². The standard InChI is InChI=1S/C6H10.C4H11O3P/c1-2-4-6-5-3-1;1-3-6-8(5)7-4-2/h1-2H,3-6H2;8H,3-4H2,1-2H3. The molecule has 0 fully saturated rings. The van der Waals surface area contributed by atoms with Crippen LogP contribution >= 0.6 is 8.25 Å². The van der Waals surface area contributed by atoms with Gasteiger partial charge in [-0.05, 0) is 39.5 Å². The molecule has 0 heterocycles. The van der Waals surface area contributed by atoms with Crippen LogP contribution in [0.25, 0.3) is 0 Å². The van der Waals surface area contributed by atoms with Gasteiger partial charge in [0.1, 0.15) is 0 Å². The molecule has 0 atom stereocenters. The second kappa shape index (κ2) is 11.0. The van der Waals surface area contributed by atoms with Gasteiger partial charge in [-0.1, -0.05) is 12.2 Å². The average molecular weight is 220 g/mol. The minimum atomic E-state index is -2.14. The highest BCUT2D eigenvalue weighted by molar-refractivity contribution is 7.33. The molecular formula is C10H21O3P. The zero-order chi connectivity index (χ0) is 10.6. The predicted molar refractivity (Wildman–Crippen MR) is 59.9 cm³/mol. The zero-order valence-corrected chi connectivity index (χ0v) is 10.1. The fourth-order valence-electron chi connectivity index (χ4n) is 1.04. The lowest BCUT2D eigenvalue weighted by Crippen LogP contribution is -1.81. The average Bonchev–Trinajstić information content (AvgIpc) is 2.22. The van der Waals surface area contributed by atoms with Crippen LogP contribution in [0.2, 0.25) is 0 Å². The summed E-state index contributed by atoms with van der Waals surface area (Å²) >= 11 is 0. The third kappa shape index (κ3) is 9.97. The summed E-state index contributed by atoms with van der Waals surface area (Å²) in [5, 5.41) is 0. The van der Waals surface area contributed by atoms with E-state index in [-0.39, 0.29) is 0 Å². The van der Waals surface area contributed by atoms with Crippen LogP contribution in [0.4, 0.5) is 0 Å². The second-order valence-electron chi connectivity index (χ2n) is 2.87. The van der Waals surface area contributed by atoms with E-state index in [4.69, 9.17) is 0 Å². The Bertz CT molecular complexity index is 153. The molecule has 1 aliphatic rings. The van der Waals surface area contributed by atoms with Crippen LogP contribution in [0.3, 0.4) is 0 Å². The van der Waals surface area contributed by atoms with Crippen LogP contribution in [-0.4, -0.2) is 13.2 Å². The van der Waals surface area contributed by atoms with E-state index in [1.807, 2.05) is 0 Å². The first-order valence-electron chi connectivity index (χ1n) is 5.25. The van der Waals surface area contributed by atoms with E-state index in [2.05, 4.69) is 21.2 Å². The molecule has 0 aromatic carbocycles. The molecule has 0 saturated carbocycles. The monoisotopic (exact) mass is 220 g/mol. The van der Waals surface area contributed by atoms with E-state index < -0.39 is 8.25 Å². The molecule has 4 heteroatoms. The van der Waals surface area contributed by atoms with Gasteiger partial charge < -0.3 is 9.05 Å². The van der Waals surface area contributed by atoms with Gasteiger partial charge in [0.25, 0.3) is 0 Å². The van der Waals surface area contributed by atoms with E-state index in [9.17, 15) is 4.57 Å². The molecule has 0 aliphatic heterocycles. The van der Waals surface area contributed by atoms with Crippen molar-refractivity contribution in [3.8, 4) is 0 Å². The SMILES string of the molecule is C1=CCCCC1.CCO[PH](=O)OCC. The number of hydrogen-bond acceptors (Lipinski definition) is 3. The lowest BCUT2D eigenvalue weighted by atomic mass is 10.1. The maximum absolute atomic E-state index is 10.4. The first-order chi connectivity index (χ1) is 6.81. The van der Waals surface area contributed by atoms with Crippen molar-refractivity contribution < 1.29 is 13.6 Å². The molecule has 0 N–H and O–H groups in total. The summed E-state index contributed by atoms with van der Waals surface area (Å²) in [6.45, 7) is 4.47. The molecule has 0 unspecified atom stereocenters. The molecule has 84 valence electrons. The van der Waals surface area contributed by atoms with Crippen LogP contribution in [-0.2, 0) is 13.6 Å². The Hall–Kier alpha value is -0.110.